The third-order valence-electron chi connectivity index (χ3n) is 9.04. The molecule has 44 heavy (non-hydrogen) atoms. The smallest absolute Gasteiger partial charge is 0.258 e. The third-order valence-corrected chi connectivity index (χ3v) is 11.3. The van der Waals surface area contributed by atoms with Crippen molar-refractivity contribution in [2.45, 2.75) is 56.1 Å². The molecule has 0 unspecified atom stereocenters. The lowest BCUT2D eigenvalue weighted by atomic mass is 9.83. The predicted molar refractivity (Wildman–Crippen MR) is 172 cm³/mol. The molecule has 2 aromatic heterocycles. The number of aromatic nitrogens is 1. The Morgan fingerprint density at radius 3 is 2.57 bits per heavy atom. The second-order valence-electron chi connectivity index (χ2n) is 11.9. The number of ether oxygens (including phenoxy) is 3. The van der Waals surface area contributed by atoms with E-state index in [1.807, 2.05) is 24.3 Å². The first-order valence-electron chi connectivity index (χ1n) is 15.3. The molecule has 0 atom stereocenters. The van der Waals surface area contributed by atoms with Gasteiger partial charge < -0.3 is 29.4 Å². The zero-order valence-electron chi connectivity index (χ0n) is 24.8. The molecule has 2 N–H and O–H groups in total. The van der Waals surface area contributed by atoms with Gasteiger partial charge in [-0.15, -0.1) is 11.3 Å². The van der Waals surface area contributed by atoms with Crippen LogP contribution in [-0.2, 0) is 27.7 Å². The molecule has 2 aromatic carbocycles. The quantitative estimate of drug-likeness (QED) is 0.276. The Balaban J connectivity index is 1.24. The van der Waals surface area contributed by atoms with E-state index in [2.05, 4.69) is 15.5 Å². The number of primary amides is 1. The molecule has 0 radical (unpaired) electrons. The molecule has 2 fully saturated rings. The number of nitrogens with zero attached hydrogens (tertiary/aromatic N) is 2. The fourth-order valence-electron chi connectivity index (χ4n) is 6.90. The number of carbonyl (C=O) groups is 1. The second-order valence-corrected chi connectivity index (χ2v) is 15.0. The first kappa shape index (κ1) is 29.2. The van der Waals surface area contributed by atoms with Gasteiger partial charge in [0.15, 0.2) is 9.84 Å². The number of thiophene rings is 1. The minimum Gasteiger partial charge on any atom is -0.491 e. The Morgan fingerprint density at radius 2 is 1.82 bits per heavy atom. The van der Waals surface area contributed by atoms with Gasteiger partial charge in [0.2, 0.25) is 0 Å². The third kappa shape index (κ3) is 5.46. The number of sulfone groups is 1. The van der Waals surface area contributed by atoms with Crippen molar-refractivity contribution in [3.05, 3.63) is 58.5 Å². The van der Waals surface area contributed by atoms with Gasteiger partial charge >= 0.3 is 0 Å². The lowest BCUT2D eigenvalue weighted by Gasteiger charge is -2.30. The van der Waals surface area contributed by atoms with Crippen molar-refractivity contribution in [1.82, 2.24) is 4.57 Å². The molecule has 4 aromatic rings. The summed E-state index contributed by atoms with van der Waals surface area (Å²) < 4.78 is 46.4. The molecule has 1 amide bonds. The standard InChI is InChI=1S/C33H37N3O6S2/c1-44(38,39)24-8-10-26(35-11-14-40-15-12-35)22(17-24)20-42-23-7-9-25-28(18-23)41-16-13-36-27-19-29(33(34)37)43-32(27)30(31(25)36)21-5-3-2-4-6-21/h7-10,17-19,21H,2-6,11-16,20H2,1H3,(H2,34,37). The van der Waals surface area contributed by atoms with E-state index in [-0.39, 0.29) is 17.4 Å². The van der Waals surface area contributed by atoms with Gasteiger partial charge in [0.05, 0.1) is 45.4 Å². The maximum atomic E-state index is 12.4. The minimum absolute atomic E-state index is 0.212. The van der Waals surface area contributed by atoms with E-state index < -0.39 is 9.84 Å². The molecule has 11 heteroatoms. The number of amides is 1. The number of benzene rings is 2. The molecule has 0 bridgehead atoms. The van der Waals surface area contributed by atoms with Gasteiger partial charge in [0.25, 0.3) is 5.91 Å². The minimum atomic E-state index is -3.37. The average molecular weight is 636 g/mol. The Hall–Kier alpha value is -3.54. The number of morpholine rings is 1. The first-order valence-corrected chi connectivity index (χ1v) is 18.0. The monoisotopic (exact) mass is 635 g/mol. The molecular weight excluding hydrogens is 599 g/mol. The van der Waals surface area contributed by atoms with E-state index in [0.717, 1.165) is 58.7 Å². The van der Waals surface area contributed by atoms with Crippen LogP contribution in [0.1, 0.15) is 58.8 Å². The van der Waals surface area contributed by atoms with Crippen LogP contribution in [-0.4, -0.2) is 58.1 Å². The summed E-state index contributed by atoms with van der Waals surface area (Å²) in [5.41, 5.74) is 12.0. The fourth-order valence-corrected chi connectivity index (χ4v) is 8.71. The van der Waals surface area contributed by atoms with Gasteiger partial charge in [-0.05, 0) is 60.7 Å². The predicted octanol–water partition coefficient (Wildman–Crippen LogP) is 5.73. The van der Waals surface area contributed by atoms with Gasteiger partial charge in [-0.3, -0.25) is 4.79 Å². The second kappa shape index (κ2) is 11.8. The summed E-state index contributed by atoms with van der Waals surface area (Å²) in [5.74, 6) is 1.45. The van der Waals surface area contributed by atoms with Gasteiger partial charge in [0, 0.05) is 42.2 Å². The van der Waals surface area contributed by atoms with E-state index in [1.54, 1.807) is 12.1 Å². The molecule has 9 nitrogen and oxygen atoms in total. The van der Waals surface area contributed by atoms with Crippen molar-refractivity contribution >= 4 is 43.0 Å². The molecule has 1 saturated carbocycles. The summed E-state index contributed by atoms with van der Waals surface area (Å²) in [6.07, 6.45) is 7.15. The maximum Gasteiger partial charge on any atom is 0.258 e. The summed E-state index contributed by atoms with van der Waals surface area (Å²) in [5, 5.41) is 0. The topological polar surface area (TPSA) is 113 Å². The summed E-state index contributed by atoms with van der Waals surface area (Å²) in [4.78, 5) is 15.2. The Bertz CT molecular complexity index is 1830. The van der Waals surface area contributed by atoms with Crippen molar-refractivity contribution in [3.8, 4) is 22.8 Å². The summed E-state index contributed by atoms with van der Waals surface area (Å²) in [7, 11) is -3.37. The van der Waals surface area contributed by atoms with E-state index in [0.29, 0.717) is 42.9 Å². The lowest BCUT2D eigenvalue weighted by Crippen LogP contribution is -2.36. The van der Waals surface area contributed by atoms with Crippen LogP contribution >= 0.6 is 11.3 Å². The molecular formula is C33H37N3O6S2. The molecule has 2 aliphatic heterocycles. The Labute approximate surface area is 261 Å². The molecule has 7 rings (SSSR count). The summed E-state index contributed by atoms with van der Waals surface area (Å²) in [6, 6.07) is 13.2. The highest BCUT2D eigenvalue weighted by Crippen LogP contribution is 2.49. The van der Waals surface area contributed by atoms with Crippen molar-refractivity contribution in [1.29, 1.82) is 0 Å². The number of fused-ring (bicyclic) bond motifs is 5. The van der Waals surface area contributed by atoms with E-state index in [4.69, 9.17) is 19.9 Å². The van der Waals surface area contributed by atoms with Crippen LogP contribution in [0.3, 0.4) is 0 Å². The zero-order chi connectivity index (χ0) is 30.4. The normalized spacial score (nSPS) is 17.5. The highest BCUT2D eigenvalue weighted by molar-refractivity contribution is 7.90. The van der Waals surface area contributed by atoms with E-state index in [9.17, 15) is 13.2 Å². The first-order chi connectivity index (χ1) is 21.3. The molecule has 0 spiro atoms. The molecule has 4 heterocycles. The zero-order valence-corrected chi connectivity index (χ0v) is 26.5. The van der Waals surface area contributed by atoms with Crippen LogP contribution < -0.4 is 20.1 Å². The van der Waals surface area contributed by atoms with Crippen LogP contribution in [0.25, 0.3) is 21.5 Å². The Kier molecular flexibility index (Phi) is 7.80. The van der Waals surface area contributed by atoms with Crippen molar-refractivity contribution in [3.63, 3.8) is 0 Å². The highest BCUT2D eigenvalue weighted by Gasteiger charge is 2.31. The summed E-state index contributed by atoms with van der Waals surface area (Å²) >= 11 is 1.51. The number of hydrogen-bond acceptors (Lipinski definition) is 8. The number of anilines is 1. The van der Waals surface area contributed by atoms with Gasteiger partial charge in [0.1, 0.15) is 24.7 Å². The van der Waals surface area contributed by atoms with Crippen LogP contribution in [0, 0.1) is 0 Å². The van der Waals surface area contributed by atoms with Crippen molar-refractivity contribution in [2.75, 3.05) is 44.1 Å². The van der Waals surface area contributed by atoms with Crippen LogP contribution in [0.5, 0.6) is 11.5 Å². The fraction of sp³-hybridized carbons (Fsp3) is 0.424. The van der Waals surface area contributed by atoms with Crippen LogP contribution in [0.4, 0.5) is 5.69 Å². The lowest BCUT2D eigenvalue weighted by molar-refractivity contribution is 0.100. The average Bonchev–Trinajstić information content (AvgIpc) is 3.52. The van der Waals surface area contributed by atoms with E-state index >= 15 is 0 Å². The highest BCUT2D eigenvalue weighted by atomic mass is 32.2. The SMILES string of the molecule is CS(=O)(=O)c1ccc(N2CCOCC2)c(COc2ccc3c(c2)OCCn2c-3c(C3CCCCC3)c3sc(C(N)=O)cc32)c1. The van der Waals surface area contributed by atoms with Crippen molar-refractivity contribution < 1.29 is 27.4 Å². The number of nitrogens with two attached hydrogens (primary N) is 1. The summed E-state index contributed by atoms with van der Waals surface area (Å²) in [6.45, 7) is 4.09. The van der Waals surface area contributed by atoms with Gasteiger partial charge in [-0.2, -0.15) is 0 Å². The largest absolute Gasteiger partial charge is 0.491 e. The molecule has 1 saturated heterocycles. The number of hydrogen-bond donors (Lipinski definition) is 1. The Morgan fingerprint density at radius 1 is 1.02 bits per heavy atom. The van der Waals surface area contributed by atoms with Crippen molar-refractivity contribution in [2.24, 2.45) is 5.73 Å². The molecule has 3 aliphatic rings. The maximum absolute atomic E-state index is 12.4. The number of rotatable bonds is 7. The van der Waals surface area contributed by atoms with E-state index in [1.165, 1.54) is 48.1 Å². The van der Waals surface area contributed by atoms with Crippen LogP contribution in [0.2, 0.25) is 0 Å². The number of carbonyl (C=O) groups excluding carboxylic acids is 1. The van der Waals surface area contributed by atoms with Crippen LogP contribution in [0.15, 0.2) is 47.4 Å². The van der Waals surface area contributed by atoms with Gasteiger partial charge in [-0.1, -0.05) is 19.3 Å². The molecule has 1 aliphatic carbocycles. The molecule has 232 valence electrons. The van der Waals surface area contributed by atoms with Gasteiger partial charge in [-0.25, -0.2) is 8.42 Å².